The molecule has 1 N–H and O–H groups in total. The van der Waals surface area contributed by atoms with E-state index in [1.54, 1.807) is 11.3 Å². The Labute approximate surface area is 112 Å². The lowest BCUT2D eigenvalue weighted by atomic mass is 10.1. The molecule has 1 aromatic rings. The fraction of sp³-hybridized carbons (Fsp3) is 0.545. The van der Waals surface area contributed by atoms with Gasteiger partial charge in [0.25, 0.3) is 0 Å². The van der Waals surface area contributed by atoms with Crippen LogP contribution < -0.4 is 0 Å². The topological polar surface area (TPSA) is 49.8 Å². The fourth-order valence-electron chi connectivity index (χ4n) is 2.01. The van der Waals surface area contributed by atoms with Crippen molar-refractivity contribution < 1.29 is 14.6 Å². The predicted molar refractivity (Wildman–Crippen MR) is 69.4 cm³/mol. The van der Waals surface area contributed by atoms with E-state index in [0.717, 1.165) is 3.79 Å². The van der Waals surface area contributed by atoms with Crippen molar-refractivity contribution in [2.24, 2.45) is 0 Å². The molecule has 2 unspecified atom stereocenters. The predicted octanol–water partition coefficient (Wildman–Crippen LogP) is 2.36. The summed E-state index contributed by atoms with van der Waals surface area (Å²) in [4.78, 5) is 14.3. The first-order valence-corrected chi connectivity index (χ1v) is 7.02. The molecule has 17 heavy (non-hydrogen) atoms. The normalized spacial score (nSPS) is 23.5. The van der Waals surface area contributed by atoms with Crippen LogP contribution in [0.3, 0.4) is 0 Å². The minimum atomic E-state index is -0.813. The summed E-state index contributed by atoms with van der Waals surface area (Å²) in [7, 11) is 0. The van der Waals surface area contributed by atoms with E-state index in [-0.39, 0.29) is 12.6 Å². The first-order valence-electron chi connectivity index (χ1n) is 5.41. The second kappa shape index (κ2) is 5.48. The van der Waals surface area contributed by atoms with Crippen molar-refractivity contribution in [3.63, 3.8) is 0 Å². The van der Waals surface area contributed by atoms with Gasteiger partial charge in [-0.2, -0.15) is 0 Å². The van der Waals surface area contributed by atoms with E-state index in [9.17, 15) is 9.90 Å². The maximum atomic E-state index is 11.2. The number of carboxylic acids is 1. The average molecular weight is 320 g/mol. The van der Waals surface area contributed by atoms with Crippen molar-refractivity contribution in [1.29, 1.82) is 0 Å². The molecule has 1 aromatic heterocycles. The zero-order chi connectivity index (χ0) is 12.4. The first kappa shape index (κ1) is 13.0. The van der Waals surface area contributed by atoms with Gasteiger partial charge in [0.05, 0.1) is 17.0 Å². The van der Waals surface area contributed by atoms with Crippen molar-refractivity contribution in [3.8, 4) is 0 Å². The molecule has 94 valence electrons. The van der Waals surface area contributed by atoms with Crippen LogP contribution in [0.1, 0.15) is 17.8 Å². The number of aliphatic carboxylic acids is 1. The Morgan fingerprint density at radius 1 is 1.71 bits per heavy atom. The SMILES string of the molecule is CC(c1ccc(Br)s1)N1CCOCC1C(=O)O. The summed E-state index contributed by atoms with van der Waals surface area (Å²) in [6.45, 7) is 3.57. The number of carbonyl (C=O) groups is 1. The molecule has 2 atom stereocenters. The standard InChI is InChI=1S/C11H14BrNO3S/c1-7(9-2-3-10(12)17-9)13-4-5-16-6-8(13)11(14)15/h2-3,7-8H,4-6H2,1H3,(H,14,15). The van der Waals surface area contributed by atoms with Crippen LogP contribution in [0.2, 0.25) is 0 Å². The van der Waals surface area contributed by atoms with Crippen molar-refractivity contribution in [3.05, 3.63) is 20.8 Å². The number of hydrogen-bond donors (Lipinski definition) is 1. The van der Waals surface area contributed by atoms with Gasteiger partial charge in [-0.1, -0.05) is 0 Å². The highest BCUT2D eigenvalue weighted by Gasteiger charge is 2.33. The zero-order valence-electron chi connectivity index (χ0n) is 9.43. The Morgan fingerprint density at radius 3 is 3.06 bits per heavy atom. The van der Waals surface area contributed by atoms with Crippen LogP contribution in [0.4, 0.5) is 0 Å². The van der Waals surface area contributed by atoms with Crippen LogP contribution >= 0.6 is 27.3 Å². The van der Waals surface area contributed by atoms with Gasteiger partial charge in [-0.25, -0.2) is 0 Å². The molecule has 4 nitrogen and oxygen atoms in total. The highest BCUT2D eigenvalue weighted by molar-refractivity contribution is 9.11. The lowest BCUT2D eigenvalue weighted by Crippen LogP contribution is -2.50. The Bertz CT molecular complexity index is 409. The Kier molecular flexibility index (Phi) is 4.19. The average Bonchev–Trinajstić information content (AvgIpc) is 2.75. The van der Waals surface area contributed by atoms with E-state index < -0.39 is 12.0 Å². The molecule has 2 rings (SSSR count). The third-order valence-electron chi connectivity index (χ3n) is 2.96. The maximum absolute atomic E-state index is 11.2. The molecule has 0 aliphatic carbocycles. The van der Waals surface area contributed by atoms with Crippen molar-refractivity contribution in [2.45, 2.75) is 19.0 Å². The summed E-state index contributed by atoms with van der Waals surface area (Å²) in [5.41, 5.74) is 0. The van der Waals surface area contributed by atoms with Crippen LogP contribution in [0.5, 0.6) is 0 Å². The zero-order valence-corrected chi connectivity index (χ0v) is 11.8. The molecule has 0 radical (unpaired) electrons. The van der Waals surface area contributed by atoms with Gasteiger partial charge < -0.3 is 9.84 Å². The quantitative estimate of drug-likeness (QED) is 0.929. The lowest BCUT2D eigenvalue weighted by molar-refractivity contribution is -0.151. The summed E-state index contributed by atoms with van der Waals surface area (Å²) >= 11 is 5.07. The summed E-state index contributed by atoms with van der Waals surface area (Å²) in [6.07, 6.45) is 0. The van der Waals surface area contributed by atoms with E-state index >= 15 is 0 Å². The molecule has 2 heterocycles. The Balaban J connectivity index is 2.16. The van der Waals surface area contributed by atoms with E-state index in [1.807, 2.05) is 24.0 Å². The number of morpholine rings is 1. The second-order valence-electron chi connectivity index (χ2n) is 3.98. The van der Waals surface area contributed by atoms with Gasteiger partial charge in [0.1, 0.15) is 6.04 Å². The number of carboxylic acid groups (broad SMARTS) is 1. The smallest absolute Gasteiger partial charge is 0.323 e. The largest absolute Gasteiger partial charge is 0.480 e. The Hall–Kier alpha value is -0.430. The van der Waals surface area contributed by atoms with E-state index in [4.69, 9.17) is 4.74 Å². The third-order valence-corrected chi connectivity index (χ3v) is 4.75. The van der Waals surface area contributed by atoms with Crippen molar-refractivity contribution >= 4 is 33.2 Å². The summed E-state index contributed by atoms with van der Waals surface area (Å²) in [5.74, 6) is -0.813. The molecule has 0 spiro atoms. The van der Waals surface area contributed by atoms with E-state index in [0.29, 0.717) is 13.2 Å². The van der Waals surface area contributed by atoms with Crippen LogP contribution in [0, 0.1) is 0 Å². The highest BCUT2D eigenvalue weighted by Crippen LogP contribution is 2.32. The lowest BCUT2D eigenvalue weighted by Gasteiger charge is -2.36. The van der Waals surface area contributed by atoms with Crippen molar-refractivity contribution in [2.75, 3.05) is 19.8 Å². The monoisotopic (exact) mass is 319 g/mol. The van der Waals surface area contributed by atoms with Crippen LogP contribution in [-0.4, -0.2) is 41.8 Å². The van der Waals surface area contributed by atoms with Gasteiger partial charge in [0.15, 0.2) is 0 Å². The molecule has 1 aliphatic heterocycles. The molecule has 0 saturated carbocycles. The van der Waals surface area contributed by atoms with Gasteiger partial charge in [-0.3, -0.25) is 9.69 Å². The number of nitrogens with zero attached hydrogens (tertiary/aromatic N) is 1. The maximum Gasteiger partial charge on any atom is 0.323 e. The number of ether oxygens (including phenoxy) is 1. The molecule has 0 amide bonds. The summed E-state index contributed by atoms with van der Waals surface area (Å²) in [6, 6.07) is 3.59. The summed E-state index contributed by atoms with van der Waals surface area (Å²) < 4.78 is 6.31. The van der Waals surface area contributed by atoms with Crippen LogP contribution in [0.25, 0.3) is 0 Å². The molecular formula is C11H14BrNO3S. The van der Waals surface area contributed by atoms with Gasteiger partial charge in [0, 0.05) is 17.5 Å². The van der Waals surface area contributed by atoms with Gasteiger partial charge in [-0.05, 0) is 35.0 Å². The van der Waals surface area contributed by atoms with Gasteiger partial charge >= 0.3 is 5.97 Å². The molecular weight excluding hydrogens is 306 g/mol. The van der Waals surface area contributed by atoms with Crippen LogP contribution in [0.15, 0.2) is 15.9 Å². The third kappa shape index (κ3) is 2.88. The molecule has 1 saturated heterocycles. The minimum absolute atomic E-state index is 0.108. The van der Waals surface area contributed by atoms with E-state index in [1.165, 1.54) is 4.88 Å². The van der Waals surface area contributed by atoms with Crippen molar-refractivity contribution in [1.82, 2.24) is 4.90 Å². The Morgan fingerprint density at radius 2 is 2.47 bits per heavy atom. The molecule has 6 heteroatoms. The minimum Gasteiger partial charge on any atom is -0.480 e. The molecule has 1 fully saturated rings. The van der Waals surface area contributed by atoms with Gasteiger partial charge in [-0.15, -0.1) is 11.3 Å². The molecule has 0 aromatic carbocycles. The first-order chi connectivity index (χ1) is 8.09. The number of halogens is 1. The number of hydrogen-bond acceptors (Lipinski definition) is 4. The summed E-state index contributed by atoms with van der Waals surface area (Å²) in [5, 5.41) is 9.18. The van der Waals surface area contributed by atoms with Crippen LogP contribution in [-0.2, 0) is 9.53 Å². The highest BCUT2D eigenvalue weighted by atomic mass is 79.9. The second-order valence-corrected chi connectivity index (χ2v) is 6.48. The number of thiophene rings is 1. The van der Waals surface area contributed by atoms with Gasteiger partial charge in [0.2, 0.25) is 0 Å². The molecule has 0 bridgehead atoms. The fourth-order valence-corrected chi connectivity index (χ4v) is 3.51. The van der Waals surface area contributed by atoms with E-state index in [2.05, 4.69) is 15.9 Å². The number of rotatable bonds is 3. The molecule has 1 aliphatic rings.